The number of amides is 4. The summed E-state index contributed by atoms with van der Waals surface area (Å²) in [5, 5.41) is 0. The molecule has 1 saturated heterocycles. The van der Waals surface area contributed by atoms with E-state index in [1.807, 2.05) is 0 Å². The maximum Gasteiger partial charge on any atom is 0.334 e. The van der Waals surface area contributed by atoms with Crippen LogP contribution in [0.5, 0.6) is 0 Å². The smallest absolute Gasteiger partial charge is 0.334 e. The van der Waals surface area contributed by atoms with Gasteiger partial charge < -0.3 is 4.98 Å². The van der Waals surface area contributed by atoms with Crippen LogP contribution in [-0.2, 0) is 9.59 Å². The molecule has 2 aliphatic rings. The van der Waals surface area contributed by atoms with Gasteiger partial charge in [0.1, 0.15) is 0 Å². The van der Waals surface area contributed by atoms with Crippen LogP contribution in [0.25, 0.3) is 0 Å². The summed E-state index contributed by atoms with van der Waals surface area (Å²) in [7, 11) is 0. The number of nitrogens with zero attached hydrogens (tertiary/aromatic N) is 2. The first kappa shape index (κ1) is 20.7. The van der Waals surface area contributed by atoms with Gasteiger partial charge in [-0.15, -0.1) is 0 Å². The lowest BCUT2D eigenvalue weighted by Gasteiger charge is -2.17. The van der Waals surface area contributed by atoms with Crippen LogP contribution in [0.3, 0.4) is 0 Å². The fraction of sp³-hybridized carbons (Fsp3) is 0.476. The van der Waals surface area contributed by atoms with E-state index in [0.717, 1.165) is 30.6 Å². The number of rotatable bonds is 7. The fourth-order valence-electron chi connectivity index (χ4n) is 4.05. The summed E-state index contributed by atoms with van der Waals surface area (Å²) in [5.41, 5.74) is 2.81. The van der Waals surface area contributed by atoms with Crippen molar-refractivity contribution in [3.8, 4) is 0 Å². The number of carbonyl (C=O) groups is 5. The first-order chi connectivity index (χ1) is 13.7. The molecule has 1 N–H and O–H groups in total. The molecular formula is C21H25N3O5. The van der Waals surface area contributed by atoms with Crippen LogP contribution in [0.2, 0.25) is 0 Å². The van der Waals surface area contributed by atoms with Gasteiger partial charge in [-0.05, 0) is 58.4 Å². The molecule has 1 fully saturated rings. The average molecular weight is 399 g/mol. The van der Waals surface area contributed by atoms with Crippen LogP contribution >= 0.6 is 0 Å². The summed E-state index contributed by atoms with van der Waals surface area (Å²) >= 11 is 0. The Morgan fingerprint density at radius 2 is 1.76 bits per heavy atom. The monoisotopic (exact) mass is 399 g/mol. The van der Waals surface area contributed by atoms with Gasteiger partial charge in [-0.25, -0.2) is 9.69 Å². The minimum absolute atomic E-state index is 0.134. The highest BCUT2D eigenvalue weighted by atomic mass is 16.2. The minimum Gasteiger partial charge on any atom is -0.355 e. The lowest BCUT2D eigenvalue weighted by atomic mass is 9.97. The zero-order valence-corrected chi connectivity index (χ0v) is 17.0. The van der Waals surface area contributed by atoms with E-state index < -0.39 is 30.2 Å². The largest absolute Gasteiger partial charge is 0.355 e. The Hall–Kier alpha value is -3.03. The third-order valence-corrected chi connectivity index (χ3v) is 5.55. The standard InChI is InChI=1S/C21H25N3O5/c1-12-17(14(3)25)13(2)22-18(12)16(26)11-24-20(28)19(27)23(21(24)29)10-9-15-7-5-4-6-8-15/h7,22H,4-6,8-11H2,1-3H3. The molecule has 1 aromatic heterocycles. The third kappa shape index (κ3) is 3.92. The lowest BCUT2D eigenvalue weighted by Crippen LogP contribution is -2.37. The second kappa shape index (κ2) is 8.14. The van der Waals surface area contributed by atoms with Gasteiger partial charge in [-0.2, -0.15) is 0 Å². The van der Waals surface area contributed by atoms with Gasteiger partial charge in [-0.1, -0.05) is 11.6 Å². The maximum absolute atomic E-state index is 12.7. The fourth-order valence-corrected chi connectivity index (χ4v) is 4.05. The van der Waals surface area contributed by atoms with E-state index >= 15 is 0 Å². The van der Waals surface area contributed by atoms with Crippen LogP contribution in [0.1, 0.15) is 71.1 Å². The highest BCUT2D eigenvalue weighted by molar-refractivity contribution is 6.45. The zero-order chi connectivity index (χ0) is 21.3. The number of aromatic nitrogens is 1. The minimum atomic E-state index is -0.992. The van der Waals surface area contributed by atoms with Crippen molar-refractivity contribution in [3.05, 3.63) is 34.2 Å². The van der Waals surface area contributed by atoms with Gasteiger partial charge in [-0.3, -0.25) is 24.1 Å². The number of aryl methyl sites for hydroxylation is 1. The van der Waals surface area contributed by atoms with Crippen LogP contribution in [-0.4, -0.2) is 57.3 Å². The van der Waals surface area contributed by atoms with E-state index in [2.05, 4.69) is 11.1 Å². The summed E-state index contributed by atoms with van der Waals surface area (Å²) in [4.78, 5) is 66.1. The molecule has 1 aromatic rings. The third-order valence-electron chi connectivity index (χ3n) is 5.55. The lowest BCUT2D eigenvalue weighted by molar-refractivity contribution is -0.143. The number of imide groups is 2. The van der Waals surface area contributed by atoms with Crippen molar-refractivity contribution in [1.82, 2.24) is 14.8 Å². The van der Waals surface area contributed by atoms with E-state index in [4.69, 9.17) is 0 Å². The van der Waals surface area contributed by atoms with Crippen LogP contribution in [0.4, 0.5) is 4.79 Å². The number of urea groups is 1. The van der Waals surface area contributed by atoms with Crippen LogP contribution in [0.15, 0.2) is 11.6 Å². The van der Waals surface area contributed by atoms with Crippen molar-refractivity contribution in [1.29, 1.82) is 0 Å². The highest BCUT2D eigenvalue weighted by Gasteiger charge is 2.45. The van der Waals surface area contributed by atoms with Crippen molar-refractivity contribution in [3.63, 3.8) is 0 Å². The Labute approximate surface area is 168 Å². The Kier molecular flexibility index (Phi) is 5.81. The number of H-pyrrole nitrogens is 1. The van der Waals surface area contributed by atoms with E-state index in [9.17, 15) is 24.0 Å². The van der Waals surface area contributed by atoms with E-state index in [0.29, 0.717) is 28.1 Å². The molecule has 4 amide bonds. The molecule has 0 aromatic carbocycles. The van der Waals surface area contributed by atoms with Gasteiger partial charge in [0.25, 0.3) is 0 Å². The topological polar surface area (TPSA) is 108 Å². The number of aromatic amines is 1. The predicted octanol–water partition coefficient (Wildman–Crippen LogP) is 2.70. The predicted molar refractivity (Wildman–Crippen MR) is 105 cm³/mol. The van der Waals surface area contributed by atoms with Crippen molar-refractivity contribution < 1.29 is 24.0 Å². The summed E-state index contributed by atoms with van der Waals surface area (Å²) in [5.74, 6) is -2.59. The van der Waals surface area contributed by atoms with Crippen molar-refractivity contribution in [2.75, 3.05) is 13.1 Å². The number of allylic oxidation sites excluding steroid dienone is 1. The van der Waals surface area contributed by atoms with E-state index in [-0.39, 0.29) is 18.0 Å². The summed E-state index contributed by atoms with van der Waals surface area (Å²) in [6.45, 7) is 4.31. The molecule has 0 saturated carbocycles. The number of ketones is 2. The number of Topliss-reactive ketones (excluding diaryl/α,β-unsaturated/α-hetero) is 2. The van der Waals surface area contributed by atoms with Crippen molar-refractivity contribution >= 4 is 29.4 Å². The van der Waals surface area contributed by atoms with E-state index in [1.54, 1.807) is 13.8 Å². The van der Waals surface area contributed by atoms with Crippen LogP contribution < -0.4 is 0 Å². The summed E-state index contributed by atoms with van der Waals surface area (Å²) in [6, 6.07) is -0.766. The Bertz CT molecular complexity index is 940. The number of hydrogen-bond donors (Lipinski definition) is 1. The molecule has 154 valence electrons. The molecule has 0 radical (unpaired) electrons. The zero-order valence-electron chi connectivity index (χ0n) is 17.0. The second-order valence-corrected chi connectivity index (χ2v) is 7.59. The highest BCUT2D eigenvalue weighted by Crippen LogP contribution is 2.23. The van der Waals surface area contributed by atoms with Gasteiger partial charge >= 0.3 is 17.8 Å². The van der Waals surface area contributed by atoms with Gasteiger partial charge in [0, 0.05) is 17.8 Å². The number of carbonyl (C=O) groups excluding carboxylic acids is 5. The van der Waals surface area contributed by atoms with Gasteiger partial charge in [0.2, 0.25) is 0 Å². The first-order valence-corrected chi connectivity index (χ1v) is 9.81. The molecule has 29 heavy (non-hydrogen) atoms. The summed E-state index contributed by atoms with van der Waals surface area (Å²) in [6.07, 6.45) is 6.83. The molecule has 1 aliphatic heterocycles. The Morgan fingerprint density at radius 3 is 2.34 bits per heavy atom. The molecule has 0 spiro atoms. The molecule has 8 nitrogen and oxygen atoms in total. The maximum atomic E-state index is 12.7. The molecule has 0 bridgehead atoms. The van der Waals surface area contributed by atoms with E-state index in [1.165, 1.54) is 12.5 Å². The average Bonchev–Trinajstić information content (AvgIpc) is 3.09. The molecule has 2 heterocycles. The summed E-state index contributed by atoms with van der Waals surface area (Å²) < 4.78 is 0. The normalized spacial score (nSPS) is 17.2. The van der Waals surface area contributed by atoms with Gasteiger partial charge in [0.05, 0.1) is 12.2 Å². The number of hydrogen-bond acceptors (Lipinski definition) is 5. The van der Waals surface area contributed by atoms with Crippen LogP contribution in [0, 0.1) is 13.8 Å². The Morgan fingerprint density at radius 1 is 1.07 bits per heavy atom. The number of nitrogens with one attached hydrogen (secondary N) is 1. The molecule has 0 atom stereocenters. The van der Waals surface area contributed by atoms with Gasteiger partial charge in [0.15, 0.2) is 11.6 Å². The molecule has 3 rings (SSSR count). The first-order valence-electron chi connectivity index (χ1n) is 9.81. The quantitative estimate of drug-likeness (QED) is 0.328. The molecule has 1 aliphatic carbocycles. The van der Waals surface area contributed by atoms with Crippen molar-refractivity contribution in [2.24, 2.45) is 0 Å². The molecular weight excluding hydrogens is 374 g/mol. The van der Waals surface area contributed by atoms with Crippen molar-refractivity contribution in [2.45, 2.75) is 52.9 Å². The molecule has 0 unspecified atom stereocenters. The molecule has 8 heteroatoms. The SMILES string of the molecule is CC(=O)c1c(C)[nH]c(C(=O)CN2C(=O)C(=O)N(CCC3=CCCCC3)C2=O)c1C. The second-order valence-electron chi connectivity index (χ2n) is 7.59. The Balaban J connectivity index is 1.72.